The van der Waals surface area contributed by atoms with Crippen LogP contribution in [0.2, 0.25) is 0 Å². The van der Waals surface area contributed by atoms with Crippen molar-refractivity contribution < 1.29 is 29.3 Å². The van der Waals surface area contributed by atoms with E-state index in [-0.39, 0.29) is 12.8 Å². The van der Waals surface area contributed by atoms with E-state index in [2.05, 4.69) is 32.9 Å². The summed E-state index contributed by atoms with van der Waals surface area (Å²) in [5.41, 5.74) is 7.11. The van der Waals surface area contributed by atoms with Gasteiger partial charge in [0.15, 0.2) is 0 Å². The zero-order chi connectivity index (χ0) is 30.1. The van der Waals surface area contributed by atoms with Crippen LogP contribution in [-0.4, -0.2) is 39.9 Å². The molecule has 220 valence electrons. The van der Waals surface area contributed by atoms with Crippen LogP contribution in [0.1, 0.15) is 59.1 Å². The minimum atomic E-state index is -0.905. The summed E-state index contributed by atoms with van der Waals surface area (Å²) in [4.78, 5) is 22.5. The molecule has 0 atom stereocenters. The minimum absolute atomic E-state index is 0.0646. The van der Waals surface area contributed by atoms with Crippen molar-refractivity contribution in [2.45, 2.75) is 59.4 Å². The van der Waals surface area contributed by atoms with Gasteiger partial charge in [0.2, 0.25) is 0 Å². The number of carboxylic acids is 2. The normalized spacial score (nSPS) is 11.3. The number of carboxylic acid groups (broad SMARTS) is 2. The van der Waals surface area contributed by atoms with Crippen molar-refractivity contribution >= 4 is 35.0 Å². The van der Waals surface area contributed by atoms with Gasteiger partial charge in [0, 0.05) is 30.1 Å². The number of unbranched alkanes of at least 4 members (excludes halogenated alkanes) is 1. The quantitative estimate of drug-likeness (QED) is 0.114. The van der Waals surface area contributed by atoms with Crippen LogP contribution >= 0.6 is 0 Å². The monoisotopic (exact) mass is 569 g/mol. The van der Waals surface area contributed by atoms with E-state index in [0.717, 1.165) is 46.4 Å². The molecule has 0 aliphatic carbocycles. The molecule has 7 heteroatoms. The first-order valence-corrected chi connectivity index (χ1v) is 14.4. The molecule has 0 spiro atoms. The summed E-state index contributed by atoms with van der Waals surface area (Å²) < 4.78 is 13.9. The Hall–Kier alpha value is -4.52. The van der Waals surface area contributed by atoms with Gasteiger partial charge in [-0.05, 0) is 86.1 Å². The fourth-order valence-electron chi connectivity index (χ4n) is 5.31. The van der Waals surface area contributed by atoms with Gasteiger partial charge in [-0.2, -0.15) is 0 Å². The van der Waals surface area contributed by atoms with E-state index in [0.29, 0.717) is 31.7 Å². The molecule has 0 fully saturated rings. The van der Waals surface area contributed by atoms with Gasteiger partial charge in [-0.3, -0.25) is 9.59 Å². The van der Waals surface area contributed by atoms with E-state index in [1.165, 1.54) is 16.7 Å². The van der Waals surface area contributed by atoms with Crippen LogP contribution in [0.3, 0.4) is 0 Å². The summed E-state index contributed by atoms with van der Waals surface area (Å²) >= 11 is 0. The molecule has 3 aromatic carbocycles. The van der Waals surface area contributed by atoms with Gasteiger partial charge in [0.1, 0.15) is 11.5 Å². The van der Waals surface area contributed by atoms with Crippen molar-refractivity contribution in [3.63, 3.8) is 0 Å². The molecule has 0 saturated carbocycles. The predicted octanol–water partition coefficient (Wildman–Crippen LogP) is 7.47. The predicted molar refractivity (Wildman–Crippen MR) is 166 cm³/mol. The molecule has 0 unspecified atom stereocenters. The number of aromatic nitrogens is 1. The number of benzene rings is 3. The lowest BCUT2D eigenvalue weighted by molar-refractivity contribution is -0.137. The first-order chi connectivity index (χ1) is 20.2. The summed E-state index contributed by atoms with van der Waals surface area (Å²) in [5, 5.41) is 19.3. The lowest BCUT2D eigenvalue weighted by Crippen LogP contribution is -2.04. The number of aryl methyl sites for hydroxylation is 4. The molecule has 2 N–H and O–H groups in total. The minimum Gasteiger partial charge on any atom is -0.494 e. The van der Waals surface area contributed by atoms with Crippen molar-refractivity contribution in [3.8, 4) is 11.5 Å². The van der Waals surface area contributed by atoms with Crippen molar-refractivity contribution in [2.24, 2.45) is 0 Å². The number of hydrogen-bond donors (Lipinski definition) is 2. The molecule has 0 saturated heterocycles. The summed E-state index contributed by atoms with van der Waals surface area (Å²) in [7, 11) is 0. The van der Waals surface area contributed by atoms with Crippen LogP contribution in [0, 0.1) is 20.8 Å². The summed E-state index contributed by atoms with van der Waals surface area (Å²) in [5.74, 6) is 0.0409. The summed E-state index contributed by atoms with van der Waals surface area (Å²) in [6.45, 7) is 8.04. The second-order valence-corrected chi connectivity index (χ2v) is 10.7. The molecule has 4 rings (SSSR count). The van der Waals surface area contributed by atoms with Crippen LogP contribution in [0.4, 0.5) is 0 Å². The molecule has 0 amide bonds. The zero-order valence-corrected chi connectivity index (χ0v) is 24.6. The highest BCUT2D eigenvalue weighted by Crippen LogP contribution is 2.28. The molecular formula is C35H39NO6. The summed E-state index contributed by atoms with van der Waals surface area (Å²) in [6.07, 6.45) is 8.06. The molecule has 7 nitrogen and oxygen atoms in total. The van der Waals surface area contributed by atoms with E-state index in [4.69, 9.17) is 14.6 Å². The van der Waals surface area contributed by atoms with Gasteiger partial charge < -0.3 is 24.3 Å². The maximum atomic E-state index is 11.5. The van der Waals surface area contributed by atoms with Crippen molar-refractivity contribution in [1.82, 2.24) is 4.57 Å². The van der Waals surface area contributed by atoms with Crippen LogP contribution < -0.4 is 9.47 Å². The van der Waals surface area contributed by atoms with Crippen molar-refractivity contribution in [2.75, 3.05) is 13.2 Å². The van der Waals surface area contributed by atoms with E-state index in [1.807, 2.05) is 65.4 Å². The molecule has 4 aromatic rings. The average molecular weight is 570 g/mol. The van der Waals surface area contributed by atoms with Crippen LogP contribution in [0.5, 0.6) is 11.5 Å². The molecule has 1 aromatic heterocycles. The lowest BCUT2D eigenvalue weighted by atomic mass is 10.0. The molecule has 0 radical (unpaired) electrons. The molecule has 42 heavy (non-hydrogen) atoms. The average Bonchev–Trinajstić information content (AvgIpc) is 3.28. The standard InChI is InChI=1S/C35H39NO6/c1-24-20-25(2)35(26(3)21-24)42-19-5-4-18-41-30-15-12-27(13-16-30)11-14-28-8-6-9-31-34(28)29(22-33(39)40)23-36(31)17-7-10-32(37)38/h6,8-9,11-16,20-21,23H,4-5,7,10,17-19,22H2,1-3H3,(H,37,38)(H,39,40)/b14-11+. The first-order valence-electron chi connectivity index (χ1n) is 14.4. The van der Waals surface area contributed by atoms with Crippen molar-refractivity contribution in [3.05, 3.63) is 94.2 Å². The fraction of sp³-hybridized carbons (Fsp3) is 0.314. The van der Waals surface area contributed by atoms with Gasteiger partial charge in [0.25, 0.3) is 0 Å². The largest absolute Gasteiger partial charge is 0.494 e. The fourth-order valence-corrected chi connectivity index (χ4v) is 5.31. The number of nitrogens with zero attached hydrogens (tertiary/aromatic N) is 1. The Labute approximate surface area is 247 Å². The number of ether oxygens (including phenoxy) is 2. The summed E-state index contributed by atoms with van der Waals surface area (Å²) in [6, 6.07) is 18.0. The van der Waals surface area contributed by atoms with Crippen LogP contribution in [0.25, 0.3) is 23.1 Å². The highest BCUT2D eigenvalue weighted by Gasteiger charge is 2.14. The van der Waals surface area contributed by atoms with Crippen LogP contribution in [-0.2, 0) is 22.6 Å². The highest BCUT2D eigenvalue weighted by atomic mass is 16.5. The number of hydrogen-bond acceptors (Lipinski definition) is 4. The third kappa shape index (κ3) is 8.26. The van der Waals surface area contributed by atoms with E-state index in [9.17, 15) is 14.7 Å². The highest BCUT2D eigenvalue weighted by molar-refractivity contribution is 5.96. The smallest absolute Gasteiger partial charge is 0.307 e. The van der Waals surface area contributed by atoms with E-state index >= 15 is 0 Å². The third-order valence-electron chi connectivity index (χ3n) is 7.14. The Morgan fingerprint density at radius 1 is 0.833 bits per heavy atom. The Balaban J connectivity index is 1.33. The number of fused-ring (bicyclic) bond motifs is 1. The van der Waals surface area contributed by atoms with E-state index < -0.39 is 11.9 Å². The van der Waals surface area contributed by atoms with Gasteiger partial charge in [-0.25, -0.2) is 0 Å². The topological polar surface area (TPSA) is 98.0 Å². The van der Waals surface area contributed by atoms with E-state index in [1.54, 1.807) is 0 Å². The van der Waals surface area contributed by atoms with Crippen molar-refractivity contribution in [1.29, 1.82) is 0 Å². The number of aliphatic carboxylic acids is 2. The Bertz CT molecular complexity index is 1540. The second-order valence-electron chi connectivity index (χ2n) is 10.7. The second kappa shape index (κ2) is 14.4. The lowest BCUT2D eigenvalue weighted by Gasteiger charge is -2.13. The van der Waals surface area contributed by atoms with Gasteiger partial charge in [0.05, 0.1) is 19.6 Å². The Morgan fingerprint density at radius 2 is 1.52 bits per heavy atom. The van der Waals surface area contributed by atoms with Gasteiger partial charge in [-0.1, -0.05) is 54.1 Å². The molecule has 0 aliphatic rings. The zero-order valence-electron chi connectivity index (χ0n) is 24.6. The molecule has 0 aliphatic heterocycles. The Kier molecular flexibility index (Phi) is 10.4. The van der Waals surface area contributed by atoms with Crippen LogP contribution in [0.15, 0.2) is 60.8 Å². The number of carbonyl (C=O) groups is 2. The molecular weight excluding hydrogens is 530 g/mol. The SMILES string of the molecule is Cc1cc(C)c(OCCCCOc2ccc(/C=C/c3cccc4c3c(CC(=O)O)cn4CCCC(=O)O)cc2)c(C)c1. The third-order valence-corrected chi connectivity index (χ3v) is 7.14. The maximum absolute atomic E-state index is 11.5. The van der Waals surface area contributed by atoms with Gasteiger partial charge >= 0.3 is 11.9 Å². The Morgan fingerprint density at radius 3 is 2.19 bits per heavy atom. The molecule has 1 heterocycles. The van der Waals surface area contributed by atoms with Gasteiger partial charge in [-0.15, -0.1) is 0 Å². The first kappa shape index (κ1) is 30.4. The maximum Gasteiger partial charge on any atom is 0.307 e. The number of rotatable bonds is 15. The molecule has 0 bridgehead atoms.